The number of aliphatic hydroxyl groups excluding tert-OH is 1. The number of nitrogens with one attached hydrogen (secondary N) is 1. The lowest BCUT2D eigenvalue weighted by molar-refractivity contribution is 0.284. The van der Waals surface area contributed by atoms with Gasteiger partial charge in [0.1, 0.15) is 5.75 Å². The van der Waals surface area contributed by atoms with Gasteiger partial charge in [-0.2, -0.15) is 0 Å². The lowest BCUT2D eigenvalue weighted by atomic mass is 10.0. The molecule has 0 atom stereocenters. The summed E-state index contributed by atoms with van der Waals surface area (Å²) >= 11 is 0. The van der Waals surface area contributed by atoms with E-state index < -0.39 is 0 Å². The summed E-state index contributed by atoms with van der Waals surface area (Å²) in [5.74, 6) is 0.982. The van der Waals surface area contributed by atoms with Gasteiger partial charge < -0.3 is 15.2 Å². The van der Waals surface area contributed by atoms with Crippen molar-refractivity contribution in [3.63, 3.8) is 0 Å². The minimum Gasteiger partial charge on any atom is -0.496 e. The Kier molecular flexibility index (Phi) is 6.76. The maximum atomic E-state index is 8.68. The zero-order valence-electron chi connectivity index (χ0n) is 11.8. The van der Waals surface area contributed by atoms with E-state index in [1.54, 1.807) is 7.11 Å². The van der Waals surface area contributed by atoms with Crippen LogP contribution in [0.3, 0.4) is 0 Å². The van der Waals surface area contributed by atoms with Gasteiger partial charge in [-0.25, -0.2) is 0 Å². The molecule has 102 valence electrons. The Morgan fingerprint density at radius 2 is 1.83 bits per heavy atom. The summed E-state index contributed by atoms with van der Waals surface area (Å²) in [6, 6.07) is 4.32. The van der Waals surface area contributed by atoms with Crippen molar-refractivity contribution in [3.05, 3.63) is 28.8 Å². The molecule has 2 N–H and O–H groups in total. The number of benzene rings is 1. The molecule has 1 aromatic carbocycles. The van der Waals surface area contributed by atoms with Crippen LogP contribution < -0.4 is 10.1 Å². The van der Waals surface area contributed by atoms with E-state index in [2.05, 4.69) is 31.3 Å². The molecule has 0 unspecified atom stereocenters. The van der Waals surface area contributed by atoms with Crippen molar-refractivity contribution in [2.45, 2.75) is 33.1 Å². The second kappa shape index (κ2) is 8.11. The van der Waals surface area contributed by atoms with E-state index in [9.17, 15) is 0 Å². The normalized spacial score (nSPS) is 10.7. The van der Waals surface area contributed by atoms with Crippen LogP contribution in [0.4, 0.5) is 0 Å². The topological polar surface area (TPSA) is 41.5 Å². The average Bonchev–Trinajstić information content (AvgIpc) is 2.37. The van der Waals surface area contributed by atoms with E-state index in [0.717, 1.165) is 38.1 Å². The van der Waals surface area contributed by atoms with Crippen LogP contribution in [-0.4, -0.2) is 31.9 Å². The molecule has 0 aliphatic heterocycles. The molecular weight excluding hydrogens is 226 g/mol. The summed E-state index contributed by atoms with van der Waals surface area (Å²) in [6.07, 6.45) is 2.88. The van der Waals surface area contributed by atoms with Gasteiger partial charge in [0.15, 0.2) is 0 Å². The minimum atomic E-state index is 0.284. The Morgan fingerprint density at radius 1 is 1.11 bits per heavy atom. The first kappa shape index (κ1) is 15.0. The van der Waals surface area contributed by atoms with Gasteiger partial charge in [0, 0.05) is 6.61 Å². The van der Waals surface area contributed by atoms with Crippen LogP contribution in [0.25, 0.3) is 0 Å². The lowest BCUT2D eigenvalue weighted by Gasteiger charge is -2.12. The van der Waals surface area contributed by atoms with Crippen molar-refractivity contribution in [2.75, 3.05) is 26.8 Å². The molecule has 0 amide bonds. The van der Waals surface area contributed by atoms with Gasteiger partial charge >= 0.3 is 0 Å². The van der Waals surface area contributed by atoms with Gasteiger partial charge in [-0.3, -0.25) is 0 Å². The number of aliphatic hydroxyl groups is 1. The highest BCUT2D eigenvalue weighted by molar-refractivity contribution is 5.41. The third kappa shape index (κ3) is 4.67. The first-order valence-corrected chi connectivity index (χ1v) is 6.64. The highest BCUT2D eigenvalue weighted by Gasteiger charge is 2.05. The summed E-state index contributed by atoms with van der Waals surface area (Å²) in [7, 11) is 1.72. The predicted octanol–water partition coefficient (Wildman–Crippen LogP) is 2.22. The number of hydrogen-bond donors (Lipinski definition) is 2. The molecule has 0 aromatic heterocycles. The molecule has 0 radical (unpaired) electrons. The highest BCUT2D eigenvalue weighted by Crippen LogP contribution is 2.23. The van der Waals surface area contributed by atoms with Gasteiger partial charge in [-0.1, -0.05) is 6.07 Å². The van der Waals surface area contributed by atoms with E-state index in [1.165, 1.54) is 16.7 Å². The number of methoxy groups -OCH3 is 1. The number of aryl methyl sites for hydroxylation is 2. The first-order chi connectivity index (χ1) is 8.69. The van der Waals surface area contributed by atoms with E-state index >= 15 is 0 Å². The van der Waals surface area contributed by atoms with Crippen molar-refractivity contribution >= 4 is 0 Å². The Bertz CT molecular complexity index is 364. The van der Waals surface area contributed by atoms with E-state index in [4.69, 9.17) is 9.84 Å². The zero-order chi connectivity index (χ0) is 13.4. The maximum Gasteiger partial charge on any atom is 0.122 e. The van der Waals surface area contributed by atoms with Gasteiger partial charge in [0.25, 0.3) is 0 Å². The fourth-order valence-electron chi connectivity index (χ4n) is 1.94. The Morgan fingerprint density at radius 3 is 2.50 bits per heavy atom. The minimum absolute atomic E-state index is 0.284. The molecule has 0 spiro atoms. The monoisotopic (exact) mass is 251 g/mol. The fraction of sp³-hybridized carbons (Fsp3) is 0.600. The van der Waals surface area contributed by atoms with Gasteiger partial charge in [-0.05, 0) is 69.0 Å². The van der Waals surface area contributed by atoms with E-state index in [1.807, 2.05) is 0 Å². The summed E-state index contributed by atoms with van der Waals surface area (Å²) in [5, 5.41) is 12.1. The number of rotatable bonds is 8. The summed E-state index contributed by atoms with van der Waals surface area (Å²) in [4.78, 5) is 0. The first-order valence-electron chi connectivity index (χ1n) is 6.64. The molecule has 1 rings (SSSR count). The quantitative estimate of drug-likeness (QED) is 0.696. The second-order valence-electron chi connectivity index (χ2n) is 4.68. The Hall–Kier alpha value is -1.06. The van der Waals surface area contributed by atoms with Crippen LogP contribution in [0, 0.1) is 13.8 Å². The summed E-state index contributed by atoms with van der Waals surface area (Å²) < 4.78 is 5.42. The smallest absolute Gasteiger partial charge is 0.122 e. The maximum absolute atomic E-state index is 8.68. The number of unbranched alkanes of at least 4 members (excludes halogenated alkanes) is 1. The summed E-state index contributed by atoms with van der Waals surface area (Å²) in [5.41, 5.74) is 3.84. The van der Waals surface area contributed by atoms with Crippen LogP contribution in [-0.2, 0) is 6.42 Å². The third-order valence-electron chi connectivity index (χ3n) is 3.23. The molecule has 0 saturated heterocycles. The molecule has 0 fully saturated rings. The number of hydrogen-bond acceptors (Lipinski definition) is 3. The van der Waals surface area contributed by atoms with Crippen LogP contribution in [0.15, 0.2) is 12.1 Å². The van der Waals surface area contributed by atoms with Crippen LogP contribution in [0.1, 0.15) is 29.5 Å². The molecule has 0 aliphatic carbocycles. The van der Waals surface area contributed by atoms with Gasteiger partial charge in [0.05, 0.1) is 7.11 Å². The van der Waals surface area contributed by atoms with Crippen LogP contribution in [0.5, 0.6) is 5.75 Å². The largest absolute Gasteiger partial charge is 0.496 e. The summed E-state index contributed by atoms with van der Waals surface area (Å²) in [6.45, 7) is 6.44. The molecule has 0 heterocycles. The lowest BCUT2D eigenvalue weighted by Crippen LogP contribution is -2.19. The van der Waals surface area contributed by atoms with Crippen molar-refractivity contribution in [1.29, 1.82) is 0 Å². The average molecular weight is 251 g/mol. The molecule has 18 heavy (non-hydrogen) atoms. The SMILES string of the molecule is COc1cc(C)c(C)cc1CCNCCCCO. The molecule has 3 nitrogen and oxygen atoms in total. The van der Waals surface area contributed by atoms with Crippen LogP contribution in [0.2, 0.25) is 0 Å². The Labute approximate surface area is 110 Å². The van der Waals surface area contributed by atoms with Crippen molar-refractivity contribution < 1.29 is 9.84 Å². The molecule has 0 aliphatic rings. The molecule has 1 aromatic rings. The predicted molar refractivity (Wildman–Crippen MR) is 75.4 cm³/mol. The fourth-order valence-corrected chi connectivity index (χ4v) is 1.94. The van der Waals surface area contributed by atoms with E-state index in [-0.39, 0.29) is 6.61 Å². The van der Waals surface area contributed by atoms with Crippen LogP contribution >= 0.6 is 0 Å². The van der Waals surface area contributed by atoms with E-state index in [0.29, 0.717) is 0 Å². The molecular formula is C15H25NO2. The third-order valence-corrected chi connectivity index (χ3v) is 3.23. The second-order valence-corrected chi connectivity index (χ2v) is 4.68. The van der Waals surface area contributed by atoms with Gasteiger partial charge in [-0.15, -0.1) is 0 Å². The standard InChI is InChI=1S/C15H25NO2/c1-12-10-14(15(18-3)11-13(12)2)6-8-16-7-4-5-9-17/h10-11,16-17H,4-9H2,1-3H3. The van der Waals surface area contributed by atoms with Crippen molar-refractivity contribution in [2.24, 2.45) is 0 Å². The zero-order valence-corrected chi connectivity index (χ0v) is 11.8. The molecule has 0 saturated carbocycles. The number of ether oxygens (including phenoxy) is 1. The molecule has 0 bridgehead atoms. The Balaban J connectivity index is 2.43. The molecule has 3 heteroatoms. The van der Waals surface area contributed by atoms with Crippen molar-refractivity contribution in [1.82, 2.24) is 5.32 Å². The highest BCUT2D eigenvalue weighted by atomic mass is 16.5. The van der Waals surface area contributed by atoms with Gasteiger partial charge in [0.2, 0.25) is 0 Å². The van der Waals surface area contributed by atoms with Crippen molar-refractivity contribution in [3.8, 4) is 5.75 Å².